The van der Waals surface area contributed by atoms with Crippen molar-refractivity contribution >= 4 is 23.6 Å². The van der Waals surface area contributed by atoms with Gasteiger partial charge in [0.15, 0.2) is 0 Å². The van der Waals surface area contributed by atoms with Crippen LogP contribution in [0.5, 0.6) is 0 Å². The van der Waals surface area contributed by atoms with Gasteiger partial charge in [0.2, 0.25) is 11.8 Å². The Morgan fingerprint density at radius 2 is 1.82 bits per heavy atom. The summed E-state index contributed by atoms with van der Waals surface area (Å²) < 4.78 is 0. The smallest absolute Gasteiger partial charge is 0.230 e. The first kappa shape index (κ1) is 17.1. The molecule has 6 heteroatoms. The summed E-state index contributed by atoms with van der Waals surface area (Å²) in [6.07, 6.45) is 7.41. The fourth-order valence-electron chi connectivity index (χ4n) is 3.31. The van der Waals surface area contributed by atoms with Gasteiger partial charge in [-0.15, -0.1) is 11.8 Å². The molecule has 1 saturated heterocycles. The molecule has 2 rings (SSSR count). The lowest BCUT2D eigenvalue weighted by Crippen LogP contribution is -2.48. The van der Waals surface area contributed by atoms with E-state index >= 15 is 0 Å². The molecule has 1 heterocycles. The second kappa shape index (κ2) is 9.04. The quantitative estimate of drug-likeness (QED) is 0.785. The van der Waals surface area contributed by atoms with Crippen molar-refractivity contribution in [3.05, 3.63) is 0 Å². The summed E-state index contributed by atoms with van der Waals surface area (Å²) in [6.45, 7) is 1.51. The minimum Gasteiger partial charge on any atom is -0.353 e. The lowest BCUT2D eigenvalue weighted by atomic mass is 9.87. The molecule has 5 nitrogen and oxygen atoms in total. The predicted octanol–water partition coefficient (Wildman–Crippen LogP) is 1.93. The molecular formula is C16H25N3O2S. The molecule has 0 radical (unpaired) electrons. The molecule has 122 valence electrons. The van der Waals surface area contributed by atoms with E-state index in [1.54, 1.807) is 0 Å². The number of likely N-dealkylation sites (tertiary alicyclic amines) is 1. The van der Waals surface area contributed by atoms with Crippen molar-refractivity contribution in [3.8, 4) is 6.07 Å². The lowest BCUT2D eigenvalue weighted by molar-refractivity contribution is -0.137. The third kappa shape index (κ3) is 5.20. The van der Waals surface area contributed by atoms with E-state index in [0.717, 1.165) is 38.8 Å². The molecule has 0 aromatic heterocycles. The molecule has 1 aliphatic heterocycles. The van der Waals surface area contributed by atoms with Crippen LogP contribution in [-0.4, -0.2) is 47.4 Å². The minimum atomic E-state index is -0.00249. The average molecular weight is 323 g/mol. The number of nitriles is 1. The number of hydrogen-bond acceptors (Lipinski definition) is 4. The third-order valence-corrected chi connectivity index (χ3v) is 5.33. The van der Waals surface area contributed by atoms with E-state index in [1.165, 1.54) is 31.0 Å². The zero-order chi connectivity index (χ0) is 15.8. The maximum Gasteiger partial charge on any atom is 0.230 e. The molecule has 0 spiro atoms. The van der Waals surface area contributed by atoms with Gasteiger partial charge in [-0.2, -0.15) is 5.26 Å². The SMILES string of the molecule is N#CCSCC(=O)NC1CCN(C(=O)C2CCCCC2)CC1. The van der Waals surface area contributed by atoms with Crippen LogP contribution in [0.4, 0.5) is 0 Å². The Balaban J connectivity index is 1.68. The summed E-state index contributed by atoms with van der Waals surface area (Å²) in [5, 5.41) is 11.5. The monoisotopic (exact) mass is 323 g/mol. The highest BCUT2D eigenvalue weighted by Crippen LogP contribution is 2.26. The summed E-state index contributed by atoms with van der Waals surface area (Å²) >= 11 is 1.34. The van der Waals surface area contributed by atoms with Crippen molar-refractivity contribution in [3.63, 3.8) is 0 Å². The Morgan fingerprint density at radius 3 is 2.45 bits per heavy atom. The van der Waals surface area contributed by atoms with Crippen LogP contribution in [0.1, 0.15) is 44.9 Å². The normalized spacial score (nSPS) is 20.4. The van der Waals surface area contributed by atoms with E-state index in [-0.39, 0.29) is 17.9 Å². The highest BCUT2D eigenvalue weighted by atomic mass is 32.2. The van der Waals surface area contributed by atoms with Gasteiger partial charge in [-0.05, 0) is 25.7 Å². The summed E-state index contributed by atoms with van der Waals surface area (Å²) in [6, 6.07) is 2.19. The number of nitrogens with one attached hydrogen (secondary N) is 1. The number of carbonyl (C=O) groups is 2. The van der Waals surface area contributed by atoms with Crippen molar-refractivity contribution in [2.24, 2.45) is 5.92 Å². The number of carbonyl (C=O) groups excluding carboxylic acids is 2. The van der Waals surface area contributed by atoms with Gasteiger partial charge in [0, 0.05) is 25.0 Å². The Morgan fingerprint density at radius 1 is 1.14 bits per heavy atom. The molecule has 1 saturated carbocycles. The number of nitrogens with zero attached hydrogens (tertiary/aromatic N) is 2. The maximum absolute atomic E-state index is 12.5. The van der Waals surface area contributed by atoms with Gasteiger partial charge in [0.05, 0.1) is 17.6 Å². The van der Waals surface area contributed by atoms with Crippen LogP contribution in [0.25, 0.3) is 0 Å². The van der Waals surface area contributed by atoms with Crippen molar-refractivity contribution in [1.82, 2.24) is 10.2 Å². The van der Waals surface area contributed by atoms with Crippen molar-refractivity contribution in [1.29, 1.82) is 5.26 Å². The Bertz CT molecular complexity index is 422. The van der Waals surface area contributed by atoms with E-state index in [2.05, 4.69) is 5.32 Å². The van der Waals surface area contributed by atoms with E-state index < -0.39 is 0 Å². The van der Waals surface area contributed by atoms with Crippen molar-refractivity contribution in [2.45, 2.75) is 51.0 Å². The molecule has 1 N–H and O–H groups in total. The van der Waals surface area contributed by atoms with Crippen LogP contribution in [-0.2, 0) is 9.59 Å². The zero-order valence-electron chi connectivity index (χ0n) is 13.1. The fourth-order valence-corrected chi connectivity index (χ4v) is 3.77. The molecule has 0 unspecified atom stereocenters. The molecule has 2 amide bonds. The zero-order valence-corrected chi connectivity index (χ0v) is 13.9. The predicted molar refractivity (Wildman–Crippen MR) is 87.3 cm³/mol. The molecule has 1 aliphatic carbocycles. The Labute approximate surface area is 136 Å². The van der Waals surface area contributed by atoms with Crippen LogP contribution in [0.3, 0.4) is 0 Å². The van der Waals surface area contributed by atoms with Gasteiger partial charge in [-0.25, -0.2) is 0 Å². The molecule has 2 aliphatic rings. The van der Waals surface area contributed by atoms with E-state index in [9.17, 15) is 9.59 Å². The van der Waals surface area contributed by atoms with Crippen molar-refractivity contribution in [2.75, 3.05) is 24.6 Å². The number of amides is 2. The van der Waals surface area contributed by atoms with Gasteiger partial charge < -0.3 is 10.2 Å². The summed E-state index contributed by atoms with van der Waals surface area (Å²) in [4.78, 5) is 26.2. The van der Waals surface area contributed by atoms with Gasteiger partial charge in [0.1, 0.15) is 0 Å². The first-order valence-corrected chi connectivity index (χ1v) is 9.39. The topological polar surface area (TPSA) is 73.2 Å². The largest absolute Gasteiger partial charge is 0.353 e. The van der Waals surface area contributed by atoms with Crippen LogP contribution in [0.2, 0.25) is 0 Å². The summed E-state index contributed by atoms with van der Waals surface area (Å²) in [7, 11) is 0. The molecular weight excluding hydrogens is 298 g/mol. The second-order valence-electron chi connectivity index (χ2n) is 6.15. The minimum absolute atomic E-state index is 0.00249. The fraction of sp³-hybridized carbons (Fsp3) is 0.812. The number of thioether (sulfide) groups is 1. The van der Waals surface area contributed by atoms with Crippen LogP contribution in [0, 0.1) is 17.2 Å². The Kier molecular flexibility index (Phi) is 7.04. The van der Waals surface area contributed by atoms with Crippen molar-refractivity contribution < 1.29 is 9.59 Å². The van der Waals surface area contributed by atoms with Gasteiger partial charge in [-0.3, -0.25) is 9.59 Å². The third-order valence-electron chi connectivity index (χ3n) is 4.53. The molecule has 22 heavy (non-hydrogen) atoms. The van der Waals surface area contributed by atoms with E-state index in [1.807, 2.05) is 11.0 Å². The van der Waals surface area contributed by atoms with Crippen LogP contribution >= 0.6 is 11.8 Å². The number of hydrogen-bond donors (Lipinski definition) is 1. The van der Waals surface area contributed by atoms with E-state index in [0.29, 0.717) is 17.4 Å². The summed E-state index contributed by atoms with van der Waals surface area (Å²) in [5.74, 6) is 1.25. The maximum atomic E-state index is 12.5. The summed E-state index contributed by atoms with van der Waals surface area (Å²) in [5.41, 5.74) is 0. The van der Waals surface area contributed by atoms with Gasteiger partial charge in [-0.1, -0.05) is 19.3 Å². The van der Waals surface area contributed by atoms with Crippen LogP contribution < -0.4 is 5.32 Å². The molecule has 2 fully saturated rings. The van der Waals surface area contributed by atoms with E-state index in [4.69, 9.17) is 5.26 Å². The van der Waals surface area contributed by atoms with Gasteiger partial charge >= 0.3 is 0 Å². The first-order valence-electron chi connectivity index (χ1n) is 8.23. The highest BCUT2D eigenvalue weighted by Gasteiger charge is 2.29. The molecule has 0 atom stereocenters. The van der Waals surface area contributed by atoms with Gasteiger partial charge in [0.25, 0.3) is 0 Å². The average Bonchev–Trinajstić information content (AvgIpc) is 2.56. The molecule has 0 aromatic carbocycles. The number of rotatable bonds is 5. The lowest BCUT2D eigenvalue weighted by Gasteiger charge is -2.35. The second-order valence-corrected chi connectivity index (χ2v) is 7.14. The number of piperidine rings is 1. The van der Waals surface area contributed by atoms with Crippen LogP contribution in [0.15, 0.2) is 0 Å². The molecule has 0 bridgehead atoms. The Hall–Kier alpha value is -1.22. The molecule has 0 aromatic rings. The first-order chi connectivity index (χ1) is 10.7. The highest BCUT2D eigenvalue weighted by molar-refractivity contribution is 8.00. The standard InChI is InChI=1S/C16H25N3O2S/c17-8-11-22-12-15(20)18-14-6-9-19(10-7-14)16(21)13-4-2-1-3-5-13/h13-14H,1-7,9-12H2,(H,18,20).